The molecule has 1 aliphatic heterocycles. The van der Waals surface area contributed by atoms with Crippen molar-refractivity contribution in [2.75, 3.05) is 32.7 Å². The molecule has 0 saturated carbocycles. The van der Waals surface area contributed by atoms with Crippen molar-refractivity contribution in [1.82, 2.24) is 10.2 Å². The average Bonchev–Trinajstić information content (AvgIpc) is 2.21. The van der Waals surface area contributed by atoms with Gasteiger partial charge in [0.05, 0.1) is 5.60 Å². The maximum atomic E-state index is 9.92. The lowest BCUT2D eigenvalue weighted by Crippen LogP contribution is -2.47. The summed E-state index contributed by atoms with van der Waals surface area (Å²) in [5.41, 5.74) is -0.112. The minimum Gasteiger partial charge on any atom is -0.390 e. The van der Waals surface area contributed by atoms with Gasteiger partial charge in [-0.05, 0) is 38.1 Å². The molecule has 3 nitrogen and oxygen atoms in total. The standard InChI is InChI=1S/C14H30N2O/c1-5-8-15-11-13(2,3)12-16-9-6-14(4,17)7-10-16/h15,17H,5-12H2,1-4H3. The van der Waals surface area contributed by atoms with Crippen molar-refractivity contribution in [2.45, 2.75) is 52.6 Å². The fourth-order valence-corrected chi connectivity index (χ4v) is 2.46. The number of rotatable bonds is 6. The van der Waals surface area contributed by atoms with Crippen LogP contribution in [0, 0.1) is 5.41 Å². The maximum absolute atomic E-state index is 9.92. The SMILES string of the molecule is CCCNCC(C)(C)CN1CCC(C)(O)CC1. The van der Waals surface area contributed by atoms with Gasteiger partial charge in [0.15, 0.2) is 0 Å². The quantitative estimate of drug-likeness (QED) is 0.698. The summed E-state index contributed by atoms with van der Waals surface area (Å²) in [6.45, 7) is 14.2. The van der Waals surface area contributed by atoms with Crippen LogP contribution < -0.4 is 5.32 Å². The van der Waals surface area contributed by atoms with Crippen LogP contribution >= 0.6 is 0 Å². The van der Waals surface area contributed by atoms with E-state index in [0.29, 0.717) is 5.41 Å². The number of nitrogens with one attached hydrogen (secondary N) is 1. The molecule has 0 unspecified atom stereocenters. The van der Waals surface area contributed by atoms with E-state index in [-0.39, 0.29) is 0 Å². The third-order valence-electron chi connectivity index (χ3n) is 3.62. The molecule has 0 amide bonds. The Morgan fingerprint density at radius 1 is 1.29 bits per heavy atom. The second-order valence-electron chi connectivity index (χ2n) is 6.61. The van der Waals surface area contributed by atoms with Gasteiger partial charge in [0.2, 0.25) is 0 Å². The number of likely N-dealkylation sites (tertiary alicyclic amines) is 1. The van der Waals surface area contributed by atoms with E-state index >= 15 is 0 Å². The first-order valence-corrected chi connectivity index (χ1v) is 7.00. The van der Waals surface area contributed by atoms with Gasteiger partial charge >= 0.3 is 0 Å². The predicted molar refractivity (Wildman–Crippen MR) is 73.2 cm³/mol. The van der Waals surface area contributed by atoms with Gasteiger partial charge in [0.1, 0.15) is 0 Å². The topological polar surface area (TPSA) is 35.5 Å². The minimum atomic E-state index is -0.429. The number of hydrogen-bond acceptors (Lipinski definition) is 3. The van der Waals surface area contributed by atoms with Crippen molar-refractivity contribution in [2.24, 2.45) is 5.41 Å². The molecule has 0 spiro atoms. The molecule has 0 radical (unpaired) electrons. The third-order valence-corrected chi connectivity index (χ3v) is 3.62. The van der Waals surface area contributed by atoms with Crippen LogP contribution in [0.5, 0.6) is 0 Å². The highest BCUT2D eigenvalue weighted by atomic mass is 16.3. The van der Waals surface area contributed by atoms with Crippen molar-refractivity contribution in [3.05, 3.63) is 0 Å². The Labute approximate surface area is 107 Å². The number of piperidine rings is 1. The molecular formula is C14H30N2O. The number of nitrogens with zero attached hydrogens (tertiary/aromatic N) is 1. The zero-order valence-electron chi connectivity index (χ0n) is 12.1. The Morgan fingerprint density at radius 3 is 2.41 bits per heavy atom. The fraction of sp³-hybridized carbons (Fsp3) is 1.00. The van der Waals surface area contributed by atoms with Crippen molar-refractivity contribution in [3.63, 3.8) is 0 Å². The summed E-state index contributed by atoms with van der Waals surface area (Å²) in [6.07, 6.45) is 3.01. The second kappa shape index (κ2) is 6.17. The Kier molecular flexibility index (Phi) is 5.42. The molecule has 1 heterocycles. The Bertz CT molecular complexity index is 216. The van der Waals surface area contributed by atoms with Crippen LogP contribution in [0.1, 0.15) is 47.0 Å². The molecule has 0 atom stereocenters. The molecule has 1 saturated heterocycles. The van der Waals surface area contributed by atoms with Gasteiger partial charge in [-0.3, -0.25) is 0 Å². The smallest absolute Gasteiger partial charge is 0.0644 e. The molecule has 0 bridgehead atoms. The lowest BCUT2D eigenvalue weighted by atomic mass is 9.89. The number of aliphatic hydroxyl groups is 1. The monoisotopic (exact) mass is 242 g/mol. The molecule has 0 aromatic rings. The Hall–Kier alpha value is -0.120. The van der Waals surface area contributed by atoms with E-state index in [1.165, 1.54) is 6.42 Å². The molecule has 102 valence electrons. The van der Waals surface area contributed by atoms with Crippen LogP contribution in [0.2, 0.25) is 0 Å². The summed E-state index contributed by atoms with van der Waals surface area (Å²) >= 11 is 0. The van der Waals surface area contributed by atoms with Crippen molar-refractivity contribution < 1.29 is 5.11 Å². The minimum absolute atomic E-state index is 0.318. The highest BCUT2D eigenvalue weighted by Gasteiger charge is 2.30. The molecule has 2 N–H and O–H groups in total. The van der Waals surface area contributed by atoms with Gasteiger partial charge in [-0.1, -0.05) is 20.8 Å². The van der Waals surface area contributed by atoms with Crippen LogP contribution in [0.4, 0.5) is 0 Å². The first-order chi connectivity index (χ1) is 7.85. The van der Waals surface area contributed by atoms with E-state index < -0.39 is 5.60 Å². The molecule has 1 aliphatic rings. The highest BCUT2D eigenvalue weighted by Crippen LogP contribution is 2.24. The Balaban J connectivity index is 2.28. The molecule has 1 fully saturated rings. The van der Waals surface area contributed by atoms with Gasteiger partial charge in [-0.25, -0.2) is 0 Å². The van der Waals surface area contributed by atoms with Crippen LogP contribution in [0.15, 0.2) is 0 Å². The molecule has 1 rings (SSSR count). The molecule has 0 aromatic heterocycles. The van der Waals surface area contributed by atoms with E-state index in [1.54, 1.807) is 0 Å². The van der Waals surface area contributed by atoms with Crippen LogP contribution in [-0.2, 0) is 0 Å². The third kappa shape index (κ3) is 5.84. The predicted octanol–water partition coefficient (Wildman–Crippen LogP) is 1.86. The molecule has 17 heavy (non-hydrogen) atoms. The maximum Gasteiger partial charge on any atom is 0.0644 e. The Morgan fingerprint density at radius 2 is 1.88 bits per heavy atom. The molecule has 3 heteroatoms. The molecule has 0 aromatic carbocycles. The molecule has 0 aliphatic carbocycles. The van der Waals surface area contributed by atoms with Gasteiger partial charge in [-0.2, -0.15) is 0 Å². The van der Waals surface area contributed by atoms with E-state index in [9.17, 15) is 5.11 Å². The summed E-state index contributed by atoms with van der Waals surface area (Å²) in [4.78, 5) is 2.49. The van der Waals surface area contributed by atoms with E-state index in [1.807, 2.05) is 6.92 Å². The summed E-state index contributed by atoms with van der Waals surface area (Å²) in [5, 5.41) is 13.4. The van der Waals surface area contributed by atoms with Crippen LogP contribution in [0.3, 0.4) is 0 Å². The summed E-state index contributed by atoms with van der Waals surface area (Å²) in [7, 11) is 0. The van der Waals surface area contributed by atoms with E-state index in [4.69, 9.17) is 0 Å². The average molecular weight is 242 g/mol. The van der Waals surface area contributed by atoms with E-state index in [2.05, 4.69) is 31.0 Å². The normalized spacial score (nSPS) is 21.7. The van der Waals surface area contributed by atoms with Gasteiger partial charge < -0.3 is 15.3 Å². The zero-order valence-corrected chi connectivity index (χ0v) is 12.1. The lowest BCUT2D eigenvalue weighted by Gasteiger charge is -2.39. The second-order valence-corrected chi connectivity index (χ2v) is 6.61. The zero-order chi connectivity index (χ0) is 12.9. The summed E-state index contributed by atoms with van der Waals surface area (Å²) in [5.74, 6) is 0. The van der Waals surface area contributed by atoms with Gasteiger partial charge in [0.25, 0.3) is 0 Å². The van der Waals surface area contributed by atoms with Gasteiger partial charge in [0, 0.05) is 26.2 Å². The largest absolute Gasteiger partial charge is 0.390 e. The van der Waals surface area contributed by atoms with Crippen LogP contribution in [-0.4, -0.2) is 48.3 Å². The summed E-state index contributed by atoms with van der Waals surface area (Å²) < 4.78 is 0. The van der Waals surface area contributed by atoms with Crippen molar-refractivity contribution in [1.29, 1.82) is 0 Å². The fourth-order valence-electron chi connectivity index (χ4n) is 2.46. The van der Waals surface area contributed by atoms with Crippen molar-refractivity contribution >= 4 is 0 Å². The van der Waals surface area contributed by atoms with Crippen molar-refractivity contribution in [3.8, 4) is 0 Å². The first-order valence-electron chi connectivity index (χ1n) is 7.00. The molecular weight excluding hydrogens is 212 g/mol. The first kappa shape index (κ1) is 14.9. The summed E-state index contributed by atoms with van der Waals surface area (Å²) in [6, 6.07) is 0. The number of hydrogen-bond donors (Lipinski definition) is 2. The van der Waals surface area contributed by atoms with E-state index in [0.717, 1.165) is 45.6 Å². The lowest BCUT2D eigenvalue weighted by molar-refractivity contribution is -0.0133. The van der Waals surface area contributed by atoms with Gasteiger partial charge in [-0.15, -0.1) is 0 Å². The highest BCUT2D eigenvalue weighted by molar-refractivity contribution is 4.85. The van der Waals surface area contributed by atoms with Crippen LogP contribution in [0.25, 0.3) is 0 Å².